The van der Waals surface area contributed by atoms with E-state index in [-0.39, 0.29) is 11.8 Å². The lowest BCUT2D eigenvalue weighted by atomic mass is 9.86. The van der Waals surface area contributed by atoms with E-state index in [1.165, 1.54) is 11.3 Å². The van der Waals surface area contributed by atoms with Gasteiger partial charge < -0.3 is 10.2 Å². The van der Waals surface area contributed by atoms with Crippen LogP contribution in [0, 0.1) is 6.92 Å². The minimum atomic E-state index is -0.565. The molecule has 1 aliphatic rings. The highest BCUT2D eigenvalue weighted by atomic mass is 32.1. The van der Waals surface area contributed by atoms with Crippen molar-refractivity contribution in [3.05, 3.63) is 45.6 Å². The fraction of sp³-hybridized carbons (Fsp3) is 0.333. The summed E-state index contributed by atoms with van der Waals surface area (Å²) >= 11 is 1.43. The molecular weight excluding hydrogens is 308 g/mol. The second kappa shape index (κ2) is 5.49. The fourth-order valence-electron chi connectivity index (χ4n) is 3.02. The van der Waals surface area contributed by atoms with Crippen molar-refractivity contribution in [3.8, 4) is 0 Å². The Hall–Kier alpha value is -2.14. The van der Waals surface area contributed by atoms with Crippen molar-refractivity contribution in [1.82, 2.24) is 0 Å². The molecule has 0 spiro atoms. The number of anilines is 2. The lowest BCUT2D eigenvalue weighted by molar-refractivity contribution is -0.122. The largest absolute Gasteiger partial charge is 0.321 e. The summed E-state index contributed by atoms with van der Waals surface area (Å²) in [5.74, 6) is -0.000458. The van der Waals surface area contributed by atoms with Crippen LogP contribution in [0.3, 0.4) is 0 Å². The zero-order valence-electron chi connectivity index (χ0n) is 13.8. The average molecular weight is 328 g/mol. The van der Waals surface area contributed by atoms with Gasteiger partial charge in [-0.15, -0.1) is 11.3 Å². The molecule has 0 saturated heterocycles. The van der Waals surface area contributed by atoms with Gasteiger partial charge in [-0.05, 0) is 68.5 Å². The first-order chi connectivity index (χ1) is 10.9. The molecule has 0 radical (unpaired) electrons. The summed E-state index contributed by atoms with van der Waals surface area (Å²) in [6.07, 6.45) is 0. The molecule has 0 bridgehead atoms. The van der Waals surface area contributed by atoms with E-state index in [9.17, 15) is 9.59 Å². The Morgan fingerprint density at radius 1 is 1.30 bits per heavy atom. The first-order valence-electron chi connectivity index (χ1n) is 7.68. The second-order valence-electron chi connectivity index (χ2n) is 6.29. The van der Waals surface area contributed by atoms with Gasteiger partial charge in [-0.1, -0.05) is 0 Å². The number of carbonyl (C=O) groups excluding carboxylic acids is 2. The molecule has 120 valence electrons. The molecule has 1 N–H and O–H groups in total. The Balaban J connectivity index is 1.93. The van der Waals surface area contributed by atoms with Crippen LogP contribution in [0.25, 0.3) is 0 Å². The van der Waals surface area contributed by atoms with Crippen molar-refractivity contribution in [2.45, 2.75) is 33.1 Å². The van der Waals surface area contributed by atoms with Crippen molar-refractivity contribution < 1.29 is 9.59 Å². The molecule has 4 nitrogen and oxygen atoms in total. The molecule has 0 aliphatic carbocycles. The summed E-state index contributed by atoms with van der Waals surface area (Å²) in [6, 6.07) is 7.63. The number of amides is 2. The Labute approximate surface area is 140 Å². The van der Waals surface area contributed by atoms with Crippen LogP contribution in [0.2, 0.25) is 0 Å². The number of fused-ring (bicyclic) bond motifs is 1. The topological polar surface area (TPSA) is 49.4 Å². The first-order valence-corrected chi connectivity index (χ1v) is 8.56. The predicted octanol–water partition coefficient (Wildman–Crippen LogP) is 3.95. The van der Waals surface area contributed by atoms with Gasteiger partial charge >= 0.3 is 0 Å². The molecule has 0 unspecified atom stereocenters. The van der Waals surface area contributed by atoms with Crippen molar-refractivity contribution >= 4 is 34.5 Å². The zero-order valence-corrected chi connectivity index (χ0v) is 14.6. The molecule has 1 aromatic heterocycles. The maximum absolute atomic E-state index is 12.5. The third-order valence-electron chi connectivity index (χ3n) is 4.38. The second-order valence-corrected chi connectivity index (χ2v) is 7.21. The monoisotopic (exact) mass is 328 g/mol. The number of aryl methyl sites for hydroxylation is 1. The quantitative estimate of drug-likeness (QED) is 0.927. The van der Waals surface area contributed by atoms with Crippen LogP contribution in [-0.2, 0) is 10.2 Å². The van der Waals surface area contributed by atoms with Gasteiger partial charge in [-0.2, -0.15) is 0 Å². The Kier molecular flexibility index (Phi) is 3.76. The van der Waals surface area contributed by atoms with Gasteiger partial charge in [0.25, 0.3) is 5.91 Å². The summed E-state index contributed by atoms with van der Waals surface area (Å²) in [5.41, 5.74) is 3.03. The van der Waals surface area contributed by atoms with E-state index in [0.29, 0.717) is 6.54 Å². The highest BCUT2D eigenvalue weighted by molar-refractivity contribution is 7.12. The molecule has 0 saturated carbocycles. The van der Waals surface area contributed by atoms with E-state index in [0.717, 1.165) is 27.4 Å². The van der Waals surface area contributed by atoms with E-state index >= 15 is 0 Å². The molecule has 1 aliphatic heterocycles. The third-order valence-corrected chi connectivity index (χ3v) is 5.40. The van der Waals surface area contributed by atoms with Gasteiger partial charge in [0.05, 0.1) is 10.3 Å². The van der Waals surface area contributed by atoms with Crippen molar-refractivity contribution in [3.63, 3.8) is 0 Å². The minimum Gasteiger partial charge on any atom is -0.321 e. The van der Waals surface area contributed by atoms with E-state index in [1.54, 1.807) is 4.90 Å². The van der Waals surface area contributed by atoms with Gasteiger partial charge in [-0.25, -0.2) is 0 Å². The summed E-state index contributed by atoms with van der Waals surface area (Å²) in [4.78, 5) is 27.4. The SMILES string of the molecule is CCN1C(=O)C(C)(C)c2cc(NC(=O)c3sccc3C)ccc21. The van der Waals surface area contributed by atoms with Crippen molar-refractivity contribution in [1.29, 1.82) is 0 Å². The highest BCUT2D eigenvalue weighted by Crippen LogP contribution is 2.42. The molecule has 2 aromatic rings. The van der Waals surface area contributed by atoms with Crippen LogP contribution in [-0.4, -0.2) is 18.4 Å². The summed E-state index contributed by atoms with van der Waals surface area (Å²) in [6.45, 7) is 8.40. The maximum Gasteiger partial charge on any atom is 0.265 e. The zero-order chi connectivity index (χ0) is 16.8. The highest BCUT2D eigenvalue weighted by Gasteiger charge is 2.43. The minimum absolute atomic E-state index is 0.104. The number of hydrogen-bond acceptors (Lipinski definition) is 3. The van der Waals surface area contributed by atoms with E-state index < -0.39 is 5.41 Å². The molecule has 2 amide bonds. The number of nitrogens with one attached hydrogen (secondary N) is 1. The van der Waals surface area contributed by atoms with E-state index in [4.69, 9.17) is 0 Å². The number of rotatable bonds is 3. The van der Waals surface area contributed by atoms with Gasteiger partial charge in [0.1, 0.15) is 0 Å². The standard InChI is InChI=1S/C18H20N2O2S/c1-5-20-14-7-6-12(10-13(14)18(3,4)17(20)22)19-16(21)15-11(2)8-9-23-15/h6-10H,5H2,1-4H3,(H,19,21). The van der Waals surface area contributed by atoms with Crippen LogP contribution >= 0.6 is 11.3 Å². The number of carbonyl (C=O) groups is 2. The number of benzene rings is 1. The van der Waals surface area contributed by atoms with Gasteiger partial charge in [-0.3, -0.25) is 9.59 Å². The van der Waals surface area contributed by atoms with E-state index in [1.807, 2.05) is 57.3 Å². The molecule has 5 heteroatoms. The number of nitrogens with zero attached hydrogens (tertiary/aromatic N) is 1. The van der Waals surface area contributed by atoms with Crippen LogP contribution in [0.5, 0.6) is 0 Å². The molecule has 23 heavy (non-hydrogen) atoms. The molecule has 0 fully saturated rings. The molecule has 1 aromatic carbocycles. The Morgan fingerprint density at radius 3 is 2.65 bits per heavy atom. The van der Waals surface area contributed by atoms with Gasteiger partial charge in [0.15, 0.2) is 0 Å². The van der Waals surface area contributed by atoms with Crippen molar-refractivity contribution in [2.24, 2.45) is 0 Å². The first kappa shape index (κ1) is 15.7. The smallest absolute Gasteiger partial charge is 0.265 e. The van der Waals surface area contributed by atoms with E-state index in [2.05, 4.69) is 5.32 Å². The fourth-order valence-corrected chi connectivity index (χ4v) is 3.84. The number of likely N-dealkylation sites (N-methyl/N-ethyl adjacent to an activating group) is 1. The molecule has 0 atom stereocenters. The normalized spacial score (nSPS) is 15.7. The number of thiophene rings is 1. The predicted molar refractivity (Wildman–Crippen MR) is 94.5 cm³/mol. The van der Waals surface area contributed by atoms with Crippen LogP contribution < -0.4 is 10.2 Å². The third kappa shape index (κ3) is 2.45. The molecular formula is C18H20N2O2S. The molecule has 3 rings (SSSR count). The summed E-state index contributed by atoms with van der Waals surface area (Å²) in [5, 5.41) is 4.85. The van der Waals surface area contributed by atoms with Gasteiger partial charge in [0.2, 0.25) is 5.91 Å². The summed E-state index contributed by atoms with van der Waals surface area (Å²) in [7, 11) is 0. The molecule has 2 heterocycles. The lowest BCUT2D eigenvalue weighted by Crippen LogP contribution is -2.35. The number of hydrogen-bond donors (Lipinski definition) is 1. The van der Waals surface area contributed by atoms with Gasteiger partial charge in [0, 0.05) is 17.9 Å². The van der Waals surface area contributed by atoms with Crippen LogP contribution in [0.15, 0.2) is 29.6 Å². The van der Waals surface area contributed by atoms with Crippen LogP contribution in [0.1, 0.15) is 41.6 Å². The van der Waals surface area contributed by atoms with Crippen LogP contribution in [0.4, 0.5) is 11.4 Å². The lowest BCUT2D eigenvalue weighted by Gasteiger charge is -2.18. The average Bonchev–Trinajstić information content (AvgIpc) is 3.01. The Morgan fingerprint density at radius 2 is 2.04 bits per heavy atom. The Bertz CT molecular complexity index is 792. The van der Waals surface area contributed by atoms with Crippen molar-refractivity contribution in [2.75, 3.05) is 16.8 Å². The summed E-state index contributed by atoms with van der Waals surface area (Å²) < 4.78 is 0. The maximum atomic E-state index is 12.5.